The minimum absolute atomic E-state index is 0.769. The van der Waals surface area contributed by atoms with E-state index in [4.69, 9.17) is 9.72 Å². The third kappa shape index (κ3) is 5.93. The molecule has 3 heteroatoms. The van der Waals surface area contributed by atoms with Crippen LogP contribution in [0.5, 0.6) is 11.5 Å². The van der Waals surface area contributed by atoms with Crippen LogP contribution in [0.4, 0.5) is 17.2 Å². The Hall–Kier alpha value is -6.45. The molecular formula is C45H32N2O. The Balaban J connectivity index is 1.28. The number of rotatable bonds is 7. The average molecular weight is 617 g/mol. The number of hydrogen-bond donors (Lipinski definition) is 0. The molecule has 228 valence electrons. The van der Waals surface area contributed by atoms with Crippen LogP contribution in [-0.4, -0.2) is 4.98 Å². The first-order valence-corrected chi connectivity index (χ1v) is 16.1. The van der Waals surface area contributed by atoms with Gasteiger partial charge < -0.3 is 4.74 Å². The second-order valence-electron chi connectivity index (χ2n) is 11.7. The highest BCUT2D eigenvalue weighted by atomic mass is 16.5. The first kappa shape index (κ1) is 29.0. The molecule has 0 N–H and O–H groups in total. The van der Waals surface area contributed by atoms with Crippen LogP contribution in [0.15, 0.2) is 182 Å². The highest BCUT2D eigenvalue weighted by molar-refractivity contribution is 5.96. The van der Waals surface area contributed by atoms with E-state index < -0.39 is 0 Å². The second-order valence-corrected chi connectivity index (χ2v) is 11.7. The Morgan fingerprint density at radius 2 is 0.875 bits per heavy atom. The normalized spacial score (nSPS) is 12.5. The van der Waals surface area contributed by atoms with Gasteiger partial charge in [0.15, 0.2) is 11.5 Å². The molecule has 1 aliphatic rings. The van der Waals surface area contributed by atoms with E-state index in [0.29, 0.717) is 0 Å². The first-order chi connectivity index (χ1) is 23.8. The van der Waals surface area contributed by atoms with Crippen molar-refractivity contribution in [1.29, 1.82) is 0 Å². The van der Waals surface area contributed by atoms with Crippen LogP contribution < -0.4 is 9.64 Å². The first-order valence-electron chi connectivity index (χ1n) is 16.1. The zero-order valence-electron chi connectivity index (χ0n) is 26.3. The number of benzene rings is 6. The highest BCUT2D eigenvalue weighted by Crippen LogP contribution is 2.51. The lowest BCUT2D eigenvalue weighted by atomic mass is 9.94. The molecule has 6 aromatic carbocycles. The predicted molar refractivity (Wildman–Crippen MR) is 199 cm³/mol. The summed E-state index contributed by atoms with van der Waals surface area (Å²) in [5, 5.41) is 0. The molecule has 0 saturated heterocycles. The molecule has 1 aliphatic heterocycles. The van der Waals surface area contributed by atoms with Crippen LogP contribution in [-0.2, 0) is 0 Å². The van der Waals surface area contributed by atoms with Crippen LogP contribution in [0.1, 0.15) is 33.4 Å². The van der Waals surface area contributed by atoms with Gasteiger partial charge in [-0.3, -0.25) is 4.90 Å². The second kappa shape index (κ2) is 13.1. The summed E-state index contributed by atoms with van der Waals surface area (Å²) >= 11 is 0. The molecule has 0 amide bonds. The number of anilines is 3. The monoisotopic (exact) mass is 616 g/mol. The molecule has 3 nitrogen and oxygen atoms in total. The van der Waals surface area contributed by atoms with Crippen molar-refractivity contribution in [3.63, 3.8) is 0 Å². The maximum Gasteiger partial charge on any atom is 0.152 e. The molecule has 7 aromatic rings. The Morgan fingerprint density at radius 3 is 1.31 bits per heavy atom. The Labute approximate surface area is 281 Å². The van der Waals surface area contributed by atoms with E-state index in [1.807, 2.05) is 36.5 Å². The largest absolute Gasteiger partial charge is 0.453 e. The minimum Gasteiger partial charge on any atom is -0.453 e. The Bertz CT molecular complexity index is 2090. The van der Waals surface area contributed by atoms with Crippen molar-refractivity contribution in [3.8, 4) is 11.5 Å². The summed E-state index contributed by atoms with van der Waals surface area (Å²) in [6, 6.07) is 60.9. The molecule has 0 radical (unpaired) electrons. The smallest absolute Gasteiger partial charge is 0.152 e. The Kier molecular flexibility index (Phi) is 7.92. The standard InChI is InChI=1S/C45H32N2O/c1-5-15-33(16-6-1)29-39(35-19-9-3-10-20-35)37-24-26-41-43(31-37)48-44-32-38(25-27-42(44)47(41)45-23-13-14-28-46-45)40(36-21-11-4-12-22-36)30-34-17-7-2-8-18-34/h1-32H. The summed E-state index contributed by atoms with van der Waals surface area (Å²) < 4.78 is 6.86. The number of hydrogen-bond acceptors (Lipinski definition) is 3. The van der Waals surface area contributed by atoms with Gasteiger partial charge in [0.05, 0.1) is 11.4 Å². The lowest BCUT2D eigenvalue weighted by molar-refractivity contribution is 0.476. The van der Waals surface area contributed by atoms with Gasteiger partial charge in [-0.15, -0.1) is 0 Å². The number of fused-ring (bicyclic) bond motifs is 2. The zero-order chi connectivity index (χ0) is 32.1. The van der Waals surface area contributed by atoms with Gasteiger partial charge in [0.1, 0.15) is 5.82 Å². The SMILES string of the molecule is C(=C(c1ccccc1)c1ccc2c(c1)Oc1cc(C(=Cc3ccccc3)c3ccccc3)ccc1N2c1ccccn1)c1ccccc1. The van der Waals surface area contributed by atoms with Crippen molar-refractivity contribution < 1.29 is 4.74 Å². The fraction of sp³-hybridized carbons (Fsp3) is 0. The van der Waals surface area contributed by atoms with E-state index in [9.17, 15) is 0 Å². The summed E-state index contributed by atoms with van der Waals surface area (Å²) in [6.45, 7) is 0. The van der Waals surface area contributed by atoms with Gasteiger partial charge >= 0.3 is 0 Å². The molecule has 0 saturated carbocycles. The fourth-order valence-electron chi connectivity index (χ4n) is 6.21. The molecule has 0 aliphatic carbocycles. The quantitative estimate of drug-likeness (QED) is 0.167. The third-order valence-corrected chi connectivity index (χ3v) is 8.51. The molecule has 0 atom stereocenters. The van der Waals surface area contributed by atoms with Crippen molar-refractivity contribution in [1.82, 2.24) is 4.98 Å². The van der Waals surface area contributed by atoms with Gasteiger partial charge in [0, 0.05) is 6.20 Å². The zero-order valence-corrected chi connectivity index (χ0v) is 26.3. The van der Waals surface area contributed by atoms with Gasteiger partial charge in [0.25, 0.3) is 0 Å². The molecular weight excluding hydrogens is 585 g/mol. The van der Waals surface area contributed by atoms with E-state index in [1.165, 1.54) is 0 Å². The number of nitrogens with zero attached hydrogens (tertiary/aromatic N) is 2. The van der Waals surface area contributed by atoms with E-state index in [0.717, 1.165) is 73.2 Å². The van der Waals surface area contributed by atoms with E-state index in [2.05, 4.69) is 163 Å². The number of pyridine rings is 1. The summed E-state index contributed by atoms with van der Waals surface area (Å²) in [6.07, 6.45) is 6.31. The predicted octanol–water partition coefficient (Wildman–Crippen LogP) is 11.8. The molecule has 0 fully saturated rings. The van der Waals surface area contributed by atoms with Crippen molar-refractivity contribution in [3.05, 3.63) is 216 Å². The summed E-state index contributed by atoms with van der Waals surface area (Å²) in [4.78, 5) is 6.96. The Morgan fingerprint density at radius 1 is 0.438 bits per heavy atom. The number of aromatic nitrogens is 1. The van der Waals surface area contributed by atoms with Crippen molar-refractivity contribution in [2.24, 2.45) is 0 Å². The van der Waals surface area contributed by atoms with Crippen LogP contribution in [0.2, 0.25) is 0 Å². The topological polar surface area (TPSA) is 25.4 Å². The molecule has 48 heavy (non-hydrogen) atoms. The van der Waals surface area contributed by atoms with Gasteiger partial charge in [0.2, 0.25) is 0 Å². The maximum absolute atomic E-state index is 6.86. The van der Waals surface area contributed by atoms with E-state index >= 15 is 0 Å². The summed E-state index contributed by atoms with van der Waals surface area (Å²) in [7, 11) is 0. The molecule has 8 rings (SSSR count). The lowest BCUT2D eigenvalue weighted by Gasteiger charge is -2.33. The molecule has 0 unspecified atom stereocenters. The van der Waals surface area contributed by atoms with Gasteiger partial charge in [-0.05, 0) is 93.1 Å². The van der Waals surface area contributed by atoms with Crippen molar-refractivity contribution in [2.45, 2.75) is 0 Å². The van der Waals surface area contributed by atoms with E-state index in [-0.39, 0.29) is 0 Å². The fourth-order valence-corrected chi connectivity index (χ4v) is 6.21. The van der Waals surface area contributed by atoms with Crippen molar-refractivity contribution >= 4 is 40.5 Å². The number of ether oxygens (including phenoxy) is 1. The molecule has 0 spiro atoms. The summed E-state index contributed by atoms with van der Waals surface area (Å²) in [5.74, 6) is 2.37. The minimum atomic E-state index is 0.769. The van der Waals surface area contributed by atoms with Gasteiger partial charge in [-0.1, -0.05) is 140 Å². The highest BCUT2D eigenvalue weighted by Gasteiger charge is 2.28. The van der Waals surface area contributed by atoms with Crippen LogP contribution in [0.25, 0.3) is 23.3 Å². The molecule has 2 heterocycles. The van der Waals surface area contributed by atoms with Gasteiger partial charge in [-0.2, -0.15) is 0 Å². The van der Waals surface area contributed by atoms with E-state index in [1.54, 1.807) is 0 Å². The van der Waals surface area contributed by atoms with Crippen molar-refractivity contribution in [2.75, 3.05) is 4.90 Å². The van der Waals surface area contributed by atoms with Crippen LogP contribution in [0, 0.1) is 0 Å². The van der Waals surface area contributed by atoms with Crippen LogP contribution in [0.3, 0.4) is 0 Å². The third-order valence-electron chi connectivity index (χ3n) is 8.51. The lowest BCUT2D eigenvalue weighted by Crippen LogP contribution is -2.17. The maximum atomic E-state index is 6.86. The molecule has 0 bridgehead atoms. The van der Waals surface area contributed by atoms with Crippen LogP contribution >= 0.6 is 0 Å². The molecule has 1 aromatic heterocycles. The van der Waals surface area contributed by atoms with Gasteiger partial charge in [-0.25, -0.2) is 4.98 Å². The summed E-state index contributed by atoms with van der Waals surface area (Å²) in [5.41, 5.74) is 10.8. The average Bonchev–Trinajstić information content (AvgIpc) is 3.16.